The van der Waals surface area contributed by atoms with Crippen molar-refractivity contribution in [3.8, 4) is 11.1 Å². The second kappa shape index (κ2) is 17.1. The zero-order chi connectivity index (χ0) is 51.8. The third-order valence-corrected chi connectivity index (χ3v) is 18.9. The van der Waals surface area contributed by atoms with E-state index in [9.17, 15) is 0 Å². The summed E-state index contributed by atoms with van der Waals surface area (Å²) in [7, 11) is 0. The van der Waals surface area contributed by atoms with Crippen LogP contribution in [-0.2, 0) is 5.41 Å². The van der Waals surface area contributed by atoms with E-state index in [1.165, 1.54) is 73.7 Å². The maximum absolute atomic E-state index is 6.99. The van der Waals surface area contributed by atoms with Crippen LogP contribution in [0.25, 0.3) is 95.3 Å². The first-order chi connectivity index (χ1) is 39.2. The fraction of sp³-hybridized carbons (Fsp3) is 0.0137. The Morgan fingerprint density at radius 2 is 0.709 bits per heavy atom. The number of nitrogens with zero attached hydrogens (tertiary/aromatic N) is 2. The molecule has 17 rings (SSSR count). The second-order valence-corrected chi connectivity index (χ2v) is 22.7. The number of fused-ring (bicyclic) bond motifs is 17. The maximum Gasteiger partial charge on any atom is 0.159 e. The topological polar surface area (TPSA) is 32.8 Å². The minimum absolute atomic E-state index is 0.834. The summed E-state index contributed by atoms with van der Waals surface area (Å²) >= 11 is 3.78. The molecule has 6 heteroatoms. The standard InChI is InChI=1S/C73H44N2O2S2/c1-5-23-45(24-6-1)73(46-25-7-2-8-26-46)55-44-60(75(48-29-11-4-12-30-48)58-38-22-36-52-50-32-14-18-40-62(50)77-70(52)58)71-66(54-34-16-20-42-64(54)78-71)67(55)68-56(73)43-59(65-53-33-15-19-41-63(53)79-72(65)68)74(47-27-9-3-10-28-47)57-37-21-35-51-49-31-13-17-39-61(49)76-69(51)57/h1-44H. The monoisotopic (exact) mass is 1040 g/mol. The molecule has 0 amide bonds. The molecular formula is C73H44N2O2S2. The van der Waals surface area contributed by atoms with Gasteiger partial charge in [-0.05, 0) is 101 Å². The Kier molecular flexibility index (Phi) is 9.64. The van der Waals surface area contributed by atoms with E-state index in [0.717, 1.165) is 78.0 Å². The van der Waals surface area contributed by atoms with Gasteiger partial charge in [0.15, 0.2) is 11.2 Å². The Morgan fingerprint density at radius 3 is 1.25 bits per heavy atom. The van der Waals surface area contributed by atoms with Gasteiger partial charge in [0.2, 0.25) is 0 Å². The molecule has 12 aromatic carbocycles. The number of para-hydroxylation sites is 6. The van der Waals surface area contributed by atoms with Crippen molar-refractivity contribution in [2.75, 3.05) is 9.80 Å². The molecule has 0 N–H and O–H groups in total. The molecule has 0 radical (unpaired) electrons. The van der Waals surface area contributed by atoms with Crippen LogP contribution in [0.2, 0.25) is 0 Å². The summed E-state index contributed by atoms with van der Waals surface area (Å²) in [6.45, 7) is 0. The normalized spacial score (nSPS) is 12.9. The smallest absolute Gasteiger partial charge is 0.159 e. The Morgan fingerprint density at radius 1 is 0.304 bits per heavy atom. The van der Waals surface area contributed by atoms with Crippen molar-refractivity contribution in [1.29, 1.82) is 0 Å². The second-order valence-electron chi connectivity index (χ2n) is 20.6. The predicted molar refractivity (Wildman–Crippen MR) is 333 cm³/mol. The van der Waals surface area contributed by atoms with Crippen molar-refractivity contribution in [3.63, 3.8) is 0 Å². The van der Waals surface area contributed by atoms with E-state index < -0.39 is 5.41 Å². The lowest BCUT2D eigenvalue weighted by molar-refractivity contribution is 0.669. The van der Waals surface area contributed by atoms with Crippen LogP contribution in [0.5, 0.6) is 0 Å². The van der Waals surface area contributed by atoms with Gasteiger partial charge >= 0.3 is 0 Å². The largest absolute Gasteiger partial charge is 0.454 e. The fourth-order valence-corrected chi connectivity index (χ4v) is 15.8. The summed E-state index contributed by atoms with van der Waals surface area (Å²) in [6.07, 6.45) is 0. The maximum atomic E-state index is 6.99. The molecule has 0 saturated carbocycles. The Balaban J connectivity index is 1.08. The summed E-state index contributed by atoms with van der Waals surface area (Å²) in [5.74, 6) is 0. The molecule has 4 heterocycles. The molecule has 0 fully saturated rings. The fourth-order valence-electron chi connectivity index (χ4n) is 13.3. The summed E-state index contributed by atoms with van der Waals surface area (Å²) in [5, 5.41) is 9.27. The summed E-state index contributed by atoms with van der Waals surface area (Å²) in [6, 6.07) is 97.5. The molecule has 0 spiro atoms. The van der Waals surface area contributed by atoms with Gasteiger partial charge in [0.05, 0.1) is 32.9 Å². The number of thiophene rings is 2. The summed E-state index contributed by atoms with van der Waals surface area (Å²) < 4.78 is 18.9. The lowest BCUT2D eigenvalue weighted by Gasteiger charge is -2.36. The van der Waals surface area contributed by atoms with Crippen molar-refractivity contribution >= 4 is 141 Å². The van der Waals surface area contributed by atoms with Gasteiger partial charge in [-0.25, -0.2) is 0 Å². The van der Waals surface area contributed by atoms with Gasteiger partial charge in [0, 0.05) is 74.1 Å². The molecular weight excluding hydrogens is 1000 g/mol. The van der Waals surface area contributed by atoms with Crippen LogP contribution < -0.4 is 9.80 Å². The van der Waals surface area contributed by atoms with Crippen molar-refractivity contribution in [2.45, 2.75) is 5.41 Å². The number of furan rings is 2. The van der Waals surface area contributed by atoms with Crippen LogP contribution in [0.15, 0.2) is 276 Å². The van der Waals surface area contributed by atoms with Crippen LogP contribution >= 0.6 is 22.7 Å². The Hall–Kier alpha value is -9.72. The van der Waals surface area contributed by atoms with E-state index in [0.29, 0.717) is 0 Å². The zero-order valence-electron chi connectivity index (χ0n) is 42.4. The highest BCUT2D eigenvalue weighted by atomic mass is 32.1. The van der Waals surface area contributed by atoms with Gasteiger partial charge in [-0.15, -0.1) is 22.7 Å². The predicted octanol–water partition coefficient (Wildman–Crippen LogP) is 21.5. The number of benzene rings is 12. The molecule has 1 aliphatic rings. The molecule has 0 atom stereocenters. The van der Waals surface area contributed by atoms with E-state index in [1.54, 1.807) is 0 Å². The third-order valence-electron chi connectivity index (χ3n) is 16.5. The number of hydrogen-bond donors (Lipinski definition) is 0. The SMILES string of the molecule is c1ccc(N(c2cccc3c2oc2ccccc23)c2cc3c(c4c2sc2ccccc24)-c2c(cc(N(c4ccccc4)c4cccc5c4oc4ccccc45)c4c2sc2ccccc24)C3(c2ccccc2)c2ccccc2)cc1. The molecule has 370 valence electrons. The van der Waals surface area contributed by atoms with Gasteiger partial charge in [-0.1, -0.05) is 194 Å². The van der Waals surface area contributed by atoms with Gasteiger partial charge in [0.25, 0.3) is 0 Å². The first-order valence-electron chi connectivity index (χ1n) is 26.8. The van der Waals surface area contributed by atoms with E-state index >= 15 is 0 Å². The Labute approximate surface area is 462 Å². The van der Waals surface area contributed by atoms with Crippen LogP contribution in [0.4, 0.5) is 34.1 Å². The van der Waals surface area contributed by atoms with E-state index in [4.69, 9.17) is 8.83 Å². The number of anilines is 6. The van der Waals surface area contributed by atoms with Crippen LogP contribution in [-0.4, -0.2) is 0 Å². The van der Waals surface area contributed by atoms with Crippen molar-refractivity contribution in [3.05, 3.63) is 289 Å². The van der Waals surface area contributed by atoms with Gasteiger partial charge < -0.3 is 18.6 Å². The minimum Gasteiger partial charge on any atom is -0.454 e. The molecule has 0 saturated heterocycles. The third kappa shape index (κ3) is 6.30. The molecule has 16 aromatic rings. The molecule has 4 aromatic heterocycles. The van der Waals surface area contributed by atoms with Crippen LogP contribution in [0.1, 0.15) is 22.3 Å². The van der Waals surface area contributed by atoms with Gasteiger partial charge in [0.1, 0.15) is 11.2 Å². The average molecular weight is 1050 g/mol. The first kappa shape index (κ1) is 44.4. The average Bonchev–Trinajstić information content (AvgIpc) is 3.40. The number of hydrogen-bond acceptors (Lipinski definition) is 6. The number of rotatable bonds is 8. The zero-order valence-corrected chi connectivity index (χ0v) is 44.1. The van der Waals surface area contributed by atoms with Gasteiger partial charge in [-0.2, -0.15) is 0 Å². The van der Waals surface area contributed by atoms with Crippen molar-refractivity contribution < 1.29 is 8.83 Å². The van der Waals surface area contributed by atoms with Crippen molar-refractivity contribution in [1.82, 2.24) is 0 Å². The Bertz CT molecular complexity index is 5060. The molecule has 0 aliphatic heterocycles. The first-order valence-corrected chi connectivity index (χ1v) is 28.5. The van der Waals surface area contributed by atoms with E-state index in [-0.39, 0.29) is 0 Å². The quantitative estimate of drug-likeness (QED) is 0.152. The van der Waals surface area contributed by atoms with Crippen molar-refractivity contribution in [2.24, 2.45) is 0 Å². The highest BCUT2D eigenvalue weighted by Gasteiger charge is 2.50. The molecule has 79 heavy (non-hydrogen) atoms. The summed E-state index contributed by atoms with van der Waals surface area (Å²) in [5.41, 5.74) is 16.2. The summed E-state index contributed by atoms with van der Waals surface area (Å²) in [4.78, 5) is 4.94. The molecule has 4 nitrogen and oxygen atoms in total. The van der Waals surface area contributed by atoms with Gasteiger partial charge in [-0.3, -0.25) is 0 Å². The molecule has 1 aliphatic carbocycles. The highest BCUT2D eigenvalue weighted by molar-refractivity contribution is 7.27. The van der Waals surface area contributed by atoms with Crippen LogP contribution in [0, 0.1) is 0 Å². The minimum atomic E-state index is -0.834. The molecule has 0 bridgehead atoms. The highest BCUT2D eigenvalue weighted by Crippen LogP contribution is 2.66. The lowest BCUT2D eigenvalue weighted by atomic mass is 9.67. The van der Waals surface area contributed by atoms with Crippen LogP contribution in [0.3, 0.4) is 0 Å². The van der Waals surface area contributed by atoms with E-state index in [2.05, 4.69) is 277 Å². The lowest BCUT2D eigenvalue weighted by Crippen LogP contribution is -2.29. The van der Waals surface area contributed by atoms with E-state index in [1.807, 2.05) is 22.7 Å². The molecule has 0 unspecified atom stereocenters.